The molecule has 0 aliphatic heterocycles. The molecule has 0 unspecified atom stereocenters. The van der Waals surface area contributed by atoms with E-state index in [1.807, 2.05) is 0 Å². The third kappa shape index (κ3) is 6.15. The number of carbonyl (C=O) groups excluding carboxylic acids is 2. The van der Waals surface area contributed by atoms with E-state index in [-0.39, 0.29) is 11.5 Å². The summed E-state index contributed by atoms with van der Waals surface area (Å²) < 4.78 is 0. The van der Waals surface area contributed by atoms with Crippen molar-refractivity contribution in [2.24, 2.45) is 5.92 Å². The molecular weight excluding hydrogens is 340 g/mol. The summed E-state index contributed by atoms with van der Waals surface area (Å²) in [5.41, 5.74) is 0.319. The van der Waals surface area contributed by atoms with Crippen LogP contribution in [0.4, 0.5) is 5.13 Å². The lowest BCUT2D eigenvalue weighted by Crippen LogP contribution is -2.25. The van der Waals surface area contributed by atoms with Gasteiger partial charge in [0.05, 0.1) is 5.69 Å². The average Bonchev–Trinajstić information content (AvgIpc) is 3.00. The van der Waals surface area contributed by atoms with Gasteiger partial charge >= 0.3 is 0 Å². The molecule has 2 amide bonds. The van der Waals surface area contributed by atoms with Crippen molar-refractivity contribution >= 4 is 28.3 Å². The fourth-order valence-electron chi connectivity index (χ4n) is 2.07. The first-order valence-electron chi connectivity index (χ1n) is 8.16. The van der Waals surface area contributed by atoms with E-state index in [0.29, 0.717) is 30.4 Å². The fourth-order valence-corrected chi connectivity index (χ4v) is 2.81. The maximum atomic E-state index is 12.1. The van der Waals surface area contributed by atoms with E-state index in [0.717, 1.165) is 12.1 Å². The van der Waals surface area contributed by atoms with E-state index in [1.165, 1.54) is 23.6 Å². The van der Waals surface area contributed by atoms with Crippen LogP contribution in [-0.2, 0) is 11.2 Å². The first-order chi connectivity index (χ1) is 12.0. The Kier molecular flexibility index (Phi) is 6.88. The summed E-state index contributed by atoms with van der Waals surface area (Å²) in [7, 11) is 0. The minimum Gasteiger partial charge on any atom is -0.356 e. The molecule has 3 N–H and O–H groups in total. The maximum Gasteiger partial charge on any atom is 0.263 e. The normalized spacial score (nSPS) is 10.7. The van der Waals surface area contributed by atoms with E-state index in [4.69, 9.17) is 0 Å². The second kappa shape index (κ2) is 9.12. The van der Waals surface area contributed by atoms with Gasteiger partial charge in [-0.1, -0.05) is 13.8 Å². The molecule has 0 aliphatic rings. The van der Waals surface area contributed by atoms with Gasteiger partial charge in [-0.2, -0.15) is 0 Å². The maximum absolute atomic E-state index is 12.1. The molecule has 134 valence electrons. The topological polar surface area (TPSA) is 104 Å². The molecular formula is C17H22N4O3S. The summed E-state index contributed by atoms with van der Waals surface area (Å²) >= 11 is 1.26. The molecule has 2 rings (SSSR count). The smallest absolute Gasteiger partial charge is 0.263 e. The van der Waals surface area contributed by atoms with Gasteiger partial charge in [-0.15, -0.1) is 11.3 Å². The lowest BCUT2D eigenvalue weighted by molar-refractivity contribution is -0.121. The van der Waals surface area contributed by atoms with Crippen molar-refractivity contribution in [1.82, 2.24) is 15.3 Å². The zero-order valence-electron chi connectivity index (χ0n) is 14.3. The number of aromatic nitrogens is 2. The monoisotopic (exact) mass is 362 g/mol. The van der Waals surface area contributed by atoms with E-state index < -0.39 is 11.5 Å². The first-order valence-corrected chi connectivity index (χ1v) is 9.04. The molecule has 25 heavy (non-hydrogen) atoms. The number of aryl methyl sites for hydroxylation is 1. The van der Waals surface area contributed by atoms with Crippen LogP contribution in [0.2, 0.25) is 0 Å². The van der Waals surface area contributed by atoms with E-state index in [1.54, 1.807) is 11.4 Å². The van der Waals surface area contributed by atoms with Crippen LogP contribution in [0.15, 0.2) is 28.5 Å². The molecule has 7 nitrogen and oxygen atoms in total. The highest BCUT2D eigenvalue weighted by Gasteiger charge is 2.12. The number of thiazole rings is 1. The molecule has 0 saturated heterocycles. The third-order valence-corrected chi connectivity index (χ3v) is 4.29. The first kappa shape index (κ1) is 18.9. The summed E-state index contributed by atoms with van der Waals surface area (Å²) in [5, 5.41) is 7.69. The van der Waals surface area contributed by atoms with Gasteiger partial charge in [0.2, 0.25) is 5.91 Å². The Hall–Kier alpha value is -2.48. The lowest BCUT2D eigenvalue weighted by Gasteiger charge is -2.06. The largest absolute Gasteiger partial charge is 0.356 e. The predicted octanol–water partition coefficient (Wildman–Crippen LogP) is 2.18. The summed E-state index contributed by atoms with van der Waals surface area (Å²) in [4.78, 5) is 42.1. The highest BCUT2D eigenvalue weighted by Crippen LogP contribution is 2.17. The standard InChI is InChI=1S/C17H22N4O3S/c1-11(2)7-9-18-14(22)6-5-12-10-25-17(20-12)21-16(24)13-4-3-8-19-15(13)23/h3-4,8,10-11H,5-7,9H2,1-2H3,(H,18,22)(H,19,23)(H,20,21,24). The molecule has 0 aliphatic carbocycles. The zero-order chi connectivity index (χ0) is 18.2. The molecule has 8 heteroatoms. The molecule has 0 fully saturated rings. The number of H-pyrrole nitrogens is 1. The number of anilines is 1. The van der Waals surface area contributed by atoms with Crippen LogP contribution < -0.4 is 16.2 Å². The number of nitrogens with zero attached hydrogens (tertiary/aromatic N) is 1. The quantitative estimate of drug-likeness (QED) is 0.669. The molecule has 2 heterocycles. The van der Waals surface area contributed by atoms with Crippen LogP contribution in [0.3, 0.4) is 0 Å². The molecule has 0 aromatic carbocycles. The molecule has 0 bridgehead atoms. The van der Waals surface area contributed by atoms with Crippen molar-refractivity contribution in [1.29, 1.82) is 0 Å². The Morgan fingerprint density at radius 2 is 2.16 bits per heavy atom. The van der Waals surface area contributed by atoms with E-state index in [9.17, 15) is 14.4 Å². The van der Waals surface area contributed by atoms with E-state index in [2.05, 4.69) is 34.4 Å². The minimum absolute atomic E-state index is 0.00458. The summed E-state index contributed by atoms with van der Waals surface area (Å²) in [6.07, 6.45) is 3.28. The van der Waals surface area contributed by atoms with Crippen molar-refractivity contribution < 1.29 is 9.59 Å². The SMILES string of the molecule is CC(C)CCNC(=O)CCc1csc(NC(=O)c2ccc[nH]c2=O)n1. The van der Waals surface area contributed by atoms with Crippen LogP contribution in [-0.4, -0.2) is 28.3 Å². The van der Waals surface area contributed by atoms with Gasteiger partial charge in [0.25, 0.3) is 11.5 Å². The predicted molar refractivity (Wildman–Crippen MR) is 97.9 cm³/mol. The van der Waals surface area contributed by atoms with Crippen LogP contribution in [0, 0.1) is 5.92 Å². The summed E-state index contributed by atoms with van der Waals surface area (Å²) in [5.74, 6) is 0.0473. The van der Waals surface area contributed by atoms with Crippen molar-refractivity contribution in [2.75, 3.05) is 11.9 Å². The van der Waals surface area contributed by atoms with Crippen LogP contribution in [0.1, 0.15) is 42.7 Å². The van der Waals surface area contributed by atoms with Gasteiger partial charge < -0.3 is 10.3 Å². The Bertz CT molecular complexity index is 782. The molecule has 0 spiro atoms. The van der Waals surface area contributed by atoms with Crippen LogP contribution in [0.25, 0.3) is 0 Å². The zero-order valence-corrected chi connectivity index (χ0v) is 15.1. The van der Waals surface area contributed by atoms with Crippen molar-refractivity contribution in [3.05, 3.63) is 45.3 Å². The fraction of sp³-hybridized carbons (Fsp3) is 0.412. The molecule has 0 radical (unpaired) electrons. The molecule has 2 aromatic heterocycles. The number of amides is 2. The Balaban J connectivity index is 1.82. The van der Waals surface area contributed by atoms with Gasteiger partial charge in [0.1, 0.15) is 5.56 Å². The average molecular weight is 362 g/mol. The van der Waals surface area contributed by atoms with Crippen molar-refractivity contribution in [3.63, 3.8) is 0 Å². The second-order valence-electron chi connectivity index (χ2n) is 6.04. The van der Waals surface area contributed by atoms with Gasteiger partial charge in [0.15, 0.2) is 5.13 Å². The molecule has 0 saturated carbocycles. The van der Waals surface area contributed by atoms with Gasteiger partial charge in [-0.3, -0.25) is 19.7 Å². The number of hydrogen-bond acceptors (Lipinski definition) is 5. The number of rotatable bonds is 8. The highest BCUT2D eigenvalue weighted by molar-refractivity contribution is 7.14. The minimum atomic E-state index is -0.505. The number of hydrogen-bond donors (Lipinski definition) is 3. The molecule has 0 atom stereocenters. The number of aromatic amines is 1. The third-order valence-electron chi connectivity index (χ3n) is 3.49. The molecule has 2 aromatic rings. The van der Waals surface area contributed by atoms with Gasteiger partial charge in [-0.25, -0.2) is 4.98 Å². The summed E-state index contributed by atoms with van der Waals surface area (Å²) in [6.45, 7) is 4.90. The number of nitrogens with one attached hydrogen (secondary N) is 3. The highest BCUT2D eigenvalue weighted by atomic mass is 32.1. The van der Waals surface area contributed by atoms with Gasteiger partial charge in [0, 0.05) is 24.5 Å². The van der Waals surface area contributed by atoms with E-state index >= 15 is 0 Å². The second-order valence-corrected chi connectivity index (χ2v) is 6.90. The Morgan fingerprint density at radius 1 is 1.36 bits per heavy atom. The van der Waals surface area contributed by atoms with Crippen molar-refractivity contribution in [3.8, 4) is 0 Å². The number of carbonyl (C=O) groups is 2. The van der Waals surface area contributed by atoms with Gasteiger partial charge in [-0.05, 0) is 30.9 Å². The Morgan fingerprint density at radius 3 is 2.88 bits per heavy atom. The lowest BCUT2D eigenvalue weighted by atomic mass is 10.1. The summed E-state index contributed by atoms with van der Waals surface area (Å²) in [6, 6.07) is 3.03. The van der Waals surface area contributed by atoms with Crippen LogP contribution >= 0.6 is 11.3 Å². The van der Waals surface area contributed by atoms with Crippen molar-refractivity contribution in [2.45, 2.75) is 33.1 Å². The number of pyridine rings is 1. The van der Waals surface area contributed by atoms with Crippen LogP contribution in [0.5, 0.6) is 0 Å². The Labute approximate surface area is 149 Å².